The van der Waals surface area contributed by atoms with Crippen molar-refractivity contribution in [2.45, 2.75) is 5.67 Å². The summed E-state index contributed by atoms with van der Waals surface area (Å²) >= 11 is 0. The molecule has 0 radical (unpaired) electrons. The van der Waals surface area contributed by atoms with Gasteiger partial charge in [0.25, 0.3) is 5.67 Å². The van der Waals surface area contributed by atoms with E-state index in [1.807, 2.05) is 0 Å². The number of carbonyl (C=O) groups excluding carboxylic acids is 1. The predicted molar refractivity (Wildman–Crippen MR) is 58.6 cm³/mol. The Morgan fingerprint density at radius 3 is 2.16 bits per heavy atom. The quantitative estimate of drug-likeness (QED) is 0.771. The van der Waals surface area contributed by atoms with E-state index >= 15 is 0 Å². The first-order chi connectivity index (χ1) is 8.94. The number of ether oxygens (including phenoxy) is 1. The van der Waals surface area contributed by atoms with Gasteiger partial charge in [0.05, 0.1) is 7.11 Å². The van der Waals surface area contributed by atoms with Crippen LogP contribution in [0.1, 0.15) is 5.56 Å². The maximum Gasteiger partial charge on any atom is 0.254 e. The van der Waals surface area contributed by atoms with Crippen LogP contribution in [-0.2, 0) is 15.2 Å². The van der Waals surface area contributed by atoms with E-state index in [4.69, 9.17) is 0 Å². The summed E-state index contributed by atoms with van der Waals surface area (Å²) in [6, 6.07) is 6.27. The van der Waals surface area contributed by atoms with Crippen LogP contribution >= 0.6 is 0 Å². The Morgan fingerprint density at radius 2 is 1.63 bits per heavy atom. The van der Waals surface area contributed by atoms with Crippen LogP contribution in [0.15, 0.2) is 53.6 Å². The smallest absolute Gasteiger partial charge is 0.254 e. The molecule has 2 nitrogen and oxygen atoms in total. The number of hydrogen-bond donors (Lipinski definition) is 0. The summed E-state index contributed by atoms with van der Waals surface area (Å²) in [6.45, 7) is 0. The van der Waals surface area contributed by atoms with Crippen molar-refractivity contribution in [1.29, 1.82) is 0 Å². The van der Waals surface area contributed by atoms with Crippen molar-refractivity contribution < 1.29 is 27.1 Å². The van der Waals surface area contributed by atoms with Gasteiger partial charge < -0.3 is 4.74 Å². The fraction of sp³-hybridized carbons (Fsp3) is 0.154. The molecule has 0 N–H and O–H groups in total. The molecule has 0 saturated heterocycles. The van der Waals surface area contributed by atoms with Crippen molar-refractivity contribution in [3.05, 3.63) is 59.1 Å². The molecule has 19 heavy (non-hydrogen) atoms. The van der Waals surface area contributed by atoms with E-state index in [2.05, 4.69) is 4.74 Å². The van der Waals surface area contributed by atoms with Crippen LogP contribution in [0.25, 0.3) is 0 Å². The Hall–Kier alpha value is -2.11. The number of methoxy groups -OCH3 is 1. The number of Topliss-reactive ketones (excluding diaryl/α,β-unsaturated/α-hetero) is 1. The van der Waals surface area contributed by atoms with Crippen LogP contribution < -0.4 is 0 Å². The van der Waals surface area contributed by atoms with Gasteiger partial charge in [-0.3, -0.25) is 4.79 Å². The van der Waals surface area contributed by atoms with Gasteiger partial charge in [0.2, 0.25) is 17.4 Å². The van der Waals surface area contributed by atoms with E-state index in [1.54, 1.807) is 0 Å². The summed E-state index contributed by atoms with van der Waals surface area (Å²) in [5, 5.41) is 0. The van der Waals surface area contributed by atoms with Crippen molar-refractivity contribution in [1.82, 2.24) is 0 Å². The third-order valence-electron chi connectivity index (χ3n) is 2.78. The molecule has 1 aliphatic carbocycles. The number of halogens is 4. The molecule has 0 saturated carbocycles. The molecule has 0 amide bonds. The van der Waals surface area contributed by atoms with E-state index in [-0.39, 0.29) is 0 Å². The third kappa shape index (κ3) is 1.75. The normalized spacial score (nSPS) is 23.9. The molecule has 1 aromatic rings. The molecule has 0 aromatic heterocycles. The van der Waals surface area contributed by atoms with Gasteiger partial charge >= 0.3 is 0 Å². The fourth-order valence-electron chi connectivity index (χ4n) is 1.81. The van der Waals surface area contributed by atoms with Crippen LogP contribution in [-0.4, -0.2) is 12.9 Å². The highest BCUT2D eigenvalue weighted by atomic mass is 19.2. The van der Waals surface area contributed by atoms with E-state index in [1.165, 1.54) is 18.2 Å². The molecular weight excluding hydrogens is 264 g/mol. The Balaban J connectivity index is 2.68. The molecule has 0 spiro atoms. The second kappa shape index (κ2) is 4.53. The number of alkyl halides is 1. The summed E-state index contributed by atoms with van der Waals surface area (Å²) in [5.41, 5.74) is -3.99. The molecule has 2 rings (SSSR count). The number of allylic oxidation sites excluding steroid dienone is 3. The topological polar surface area (TPSA) is 26.3 Å². The molecule has 1 aromatic carbocycles. The summed E-state index contributed by atoms with van der Waals surface area (Å²) in [4.78, 5) is 11.6. The first-order valence-electron chi connectivity index (χ1n) is 5.23. The minimum atomic E-state index is -3.50. The zero-order chi connectivity index (χ0) is 14.2. The molecule has 0 bridgehead atoms. The van der Waals surface area contributed by atoms with Gasteiger partial charge in [0, 0.05) is 5.56 Å². The lowest BCUT2D eigenvalue weighted by atomic mass is 9.85. The minimum Gasteiger partial charge on any atom is -0.491 e. The van der Waals surface area contributed by atoms with Crippen molar-refractivity contribution in [2.24, 2.45) is 0 Å². The number of benzene rings is 1. The molecule has 0 heterocycles. The molecule has 1 atom stereocenters. The second-order valence-electron chi connectivity index (χ2n) is 3.83. The van der Waals surface area contributed by atoms with Crippen LogP contribution in [0.2, 0.25) is 0 Å². The van der Waals surface area contributed by atoms with Gasteiger partial charge in [-0.2, -0.15) is 8.78 Å². The van der Waals surface area contributed by atoms with Crippen molar-refractivity contribution in [3.63, 3.8) is 0 Å². The molecule has 6 heteroatoms. The van der Waals surface area contributed by atoms with Crippen LogP contribution in [0.5, 0.6) is 0 Å². The van der Waals surface area contributed by atoms with Crippen molar-refractivity contribution >= 4 is 5.78 Å². The number of hydrogen-bond acceptors (Lipinski definition) is 2. The molecular formula is C13H8F4O2. The maximum atomic E-state index is 14.6. The number of carbonyl (C=O) groups is 1. The number of rotatable bonds is 2. The largest absolute Gasteiger partial charge is 0.491 e. The average molecular weight is 272 g/mol. The lowest BCUT2D eigenvalue weighted by Gasteiger charge is -2.26. The van der Waals surface area contributed by atoms with Gasteiger partial charge in [0.1, 0.15) is 0 Å². The zero-order valence-electron chi connectivity index (χ0n) is 9.72. The first-order valence-corrected chi connectivity index (χ1v) is 5.23. The predicted octanol–water partition coefficient (Wildman–Crippen LogP) is 3.41. The van der Waals surface area contributed by atoms with Gasteiger partial charge in [-0.15, -0.1) is 0 Å². The van der Waals surface area contributed by atoms with E-state index in [0.29, 0.717) is 0 Å². The fourth-order valence-corrected chi connectivity index (χ4v) is 1.81. The standard InChI is InChI=1S/C13H8F4O2/c1-19-10-8(14)11(16)13(17,12(18)9(10)15)7-5-3-2-4-6-7/h2-6H,1H3. The highest BCUT2D eigenvalue weighted by Gasteiger charge is 2.54. The Kier molecular flexibility index (Phi) is 3.18. The minimum absolute atomic E-state index is 0.488. The van der Waals surface area contributed by atoms with Gasteiger partial charge in [0.15, 0.2) is 11.6 Å². The van der Waals surface area contributed by atoms with Gasteiger partial charge in [-0.25, -0.2) is 8.78 Å². The molecule has 0 aliphatic heterocycles. The second-order valence-corrected chi connectivity index (χ2v) is 3.83. The Labute approximate surface area is 106 Å². The zero-order valence-corrected chi connectivity index (χ0v) is 9.72. The van der Waals surface area contributed by atoms with Crippen LogP contribution in [0, 0.1) is 0 Å². The summed E-state index contributed by atoms with van der Waals surface area (Å²) in [7, 11) is 0.850. The SMILES string of the molecule is COC1=C(F)C(=O)C(F)(c2ccccc2)C(F)=C1F. The van der Waals surface area contributed by atoms with E-state index in [9.17, 15) is 22.4 Å². The first kappa shape index (κ1) is 13.3. The highest BCUT2D eigenvalue weighted by molar-refractivity contribution is 6.05. The Bertz CT molecular complexity index is 592. The molecule has 1 aliphatic rings. The highest BCUT2D eigenvalue weighted by Crippen LogP contribution is 2.46. The van der Waals surface area contributed by atoms with Crippen molar-refractivity contribution in [3.8, 4) is 0 Å². The monoisotopic (exact) mass is 272 g/mol. The molecule has 0 fully saturated rings. The summed E-state index contributed by atoms with van der Waals surface area (Å²) < 4.78 is 59.7. The molecule has 100 valence electrons. The van der Waals surface area contributed by atoms with Crippen LogP contribution in [0.4, 0.5) is 17.6 Å². The third-order valence-corrected chi connectivity index (χ3v) is 2.78. The molecule has 1 unspecified atom stereocenters. The summed E-state index contributed by atoms with van der Waals surface area (Å²) in [5.74, 6) is -8.71. The lowest BCUT2D eigenvalue weighted by Crippen LogP contribution is -2.36. The van der Waals surface area contributed by atoms with E-state index in [0.717, 1.165) is 19.2 Å². The van der Waals surface area contributed by atoms with Gasteiger partial charge in [-0.1, -0.05) is 30.3 Å². The Morgan fingerprint density at radius 1 is 1.05 bits per heavy atom. The summed E-state index contributed by atoms with van der Waals surface area (Å²) in [6.07, 6.45) is 0. The van der Waals surface area contributed by atoms with E-state index < -0.39 is 40.3 Å². The van der Waals surface area contributed by atoms with Crippen molar-refractivity contribution in [2.75, 3.05) is 7.11 Å². The number of ketones is 1. The lowest BCUT2D eigenvalue weighted by molar-refractivity contribution is -0.128. The van der Waals surface area contributed by atoms with Crippen LogP contribution in [0.3, 0.4) is 0 Å². The maximum absolute atomic E-state index is 14.6. The van der Waals surface area contributed by atoms with Gasteiger partial charge in [-0.05, 0) is 0 Å². The average Bonchev–Trinajstić information content (AvgIpc) is 2.44.